The van der Waals surface area contributed by atoms with Crippen LogP contribution in [0.25, 0.3) is 0 Å². The van der Waals surface area contributed by atoms with Gasteiger partial charge in [-0.05, 0) is 48.7 Å². The molecule has 2 aliphatic rings. The fourth-order valence-corrected chi connectivity index (χ4v) is 5.37. The number of aliphatic hydroxyl groups excluding tert-OH is 1. The number of hydrogen-bond acceptors (Lipinski definition) is 6. The zero-order valence-corrected chi connectivity index (χ0v) is 20.9. The highest BCUT2D eigenvalue weighted by molar-refractivity contribution is 6.11. The number of hydrogen-bond donors (Lipinski definition) is 1. The van der Waals surface area contributed by atoms with Gasteiger partial charge >= 0.3 is 0 Å². The van der Waals surface area contributed by atoms with Crippen molar-refractivity contribution in [3.63, 3.8) is 0 Å². The van der Waals surface area contributed by atoms with Gasteiger partial charge in [0.1, 0.15) is 17.6 Å². The van der Waals surface area contributed by atoms with Crippen molar-refractivity contribution >= 4 is 11.6 Å². The van der Waals surface area contributed by atoms with E-state index in [0.717, 1.165) is 11.3 Å². The Hall–Kier alpha value is -3.39. The molecule has 188 valence electrons. The van der Waals surface area contributed by atoms with Crippen LogP contribution in [0, 0.1) is 0 Å². The molecule has 3 aromatic carbocycles. The van der Waals surface area contributed by atoms with Gasteiger partial charge in [0.25, 0.3) is 0 Å². The summed E-state index contributed by atoms with van der Waals surface area (Å²) < 4.78 is 22.9. The van der Waals surface area contributed by atoms with Crippen molar-refractivity contribution in [3.05, 3.63) is 89.5 Å². The van der Waals surface area contributed by atoms with Gasteiger partial charge < -0.3 is 29.0 Å². The summed E-state index contributed by atoms with van der Waals surface area (Å²) in [5.74, 6) is -0.0970. The predicted octanol–water partition coefficient (Wildman–Crippen LogP) is 4.05. The molecule has 36 heavy (non-hydrogen) atoms. The molecule has 7 heteroatoms. The molecule has 0 bridgehead atoms. The number of para-hydroxylation sites is 1. The lowest BCUT2D eigenvalue weighted by Crippen LogP contribution is -2.54. The Bertz CT molecular complexity index is 1260. The standard InChI is InChI=1S/C29H31NO6/c1-28(2)35-18-25(36-28)26(31)29(20-14-15-23(33-3)24(16-20)34-4)21-12-8-9-13-22(21)30(27(29)32)17-19-10-6-5-7-11-19/h5-16,25-26,31H,17-18H2,1-4H3/t25-,26-,29+/m1/s1. The first-order chi connectivity index (χ1) is 17.3. The second-order valence-electron chi connectivity index (χ2n) is 9.58. The number of amides is 1. The summed E-state index contributed by atoms with van der Waals surface area (Å²) in [6.45, 7) is 4.13. The van der Waals surface area contributed by atoms with Gasteiger partial charge in [0.15, 0.2) is 17.3 Å². The molecule has 0 spiro atoms. The van der Waals surface area contributed by atoms with Crippen LogP contribution in [-0.4, -0.2) is 49.8 Å². The van der Waals surface area contributed by atoms with Crippen LogP contribution in [0.2, 0.25) is 0 Å². The van der Waals surface area contributed by atoms with Crippen molar-refractivity contribution < 1.29 is 28.8 Å². The summed E-state index contributed by atoms with van der Waals surface area (Å²) in [6, 6.07) is 22.8. The van der Waals surface area contributed by atoms with Crippen LogP contribution < -0.4 is 14.4 Å². The molecule has 1 fully saturated rings. The quantitative estimate of drug-likeness (QED) is 0.540. The number of anilines is 1. The topological polar surface area (TPSA) is 77.5 Å². The summed E-state index contributed by atoms with van der Waals surface area (Å²) in [5, 5.41) is 12.1. The van der Waals surface area contributed by atoms with E-state index in [0.29, 0.717) is 29.2 Å². The van der Waals surface area contributed by atoms with E-state index in [2.05, 4.69) is 0 Å². The lowest BCUT2D eigenvalue weighted by atomic mass is 9.69. The third kappa shape index (κ3) is 3.84. The summed E-state index contributed by atoms with van der Waals surface area (Å²) in [6.07, 6.45) is -1.95. The van der Waals surface area contributed by atoms with E-state index in [9.17, 15) is 9.90 Å². The van der Waals surface area contributed by atoms with Crippen LogP contribution in [-0.2, 0) is 26.2 Å². The van der Waals surface area contributed by atoms with Gasteiger partial charge in [-0.3, -0.25) is 4.79 Å². The van der Waals surface area contributed by atoms with Gasteiger partial charge in [-0.15, -0.1) is 0 Å². The number of rotatable bonds is 7. The molecule has 0 aromatic heterocycles. The Kier molecular flexibility index (Phi) is 6.24. The van der Waals surface area contributed by atoms with Crippen molar-refractivity contribution in [2.75, 3.05) is 25.7 Å². The van der Waals surface area contributed by atoms with Gasteiger partial charge in [0.05, 0.1) is 27.4 Å². The highest BCUT2D eigenvalue weighted by Gasteiger charge is 2.60. The van der Waals surface area contributed by atoms with E-state index in [4.69, 9.17) is 18.9 Å². The average Bonchev–Trinajstić information content (AvgIpc) is 3.38. The van der Waals surface area contributed by atoms with Crippen molar-refractivity contribution in [3.8, 4) is 11.5 Å². The number of benzene rings is 3. The van der Waals surface area contributed by atoms with E-state index in [-0.39, 0.29) is 12.5 Å². The maximum atomic E-state index is 14.6. The van der Waals surface area contributed by atoms with Gasteiger partial charge in [-0.25, -0.2) is 0 Å². The second kappa shape index (κ2) is 9.24. The summed E-state index contributed by atoms with van der Waals surface area (Å²) in [4.78, 5) is 16.3. The zero-order valence-electron chi connectivity index (χ0n) is 20.9. The number of nitrogens with zero attached hydrogens (tertiary/aromatic N) is 1. The SMILES string of the molecule is COc1ccc([C@]2([C@H](O)[C@H]3COC(C)(C)O3)C(=O)N(Cc3ccccc3)c3ccccc32)cc1OC. The van der Waals surface area contributed by atoms with Gasteiger partial charge in [-0.2, -0.15) is 0 Å². The molecule has 0 unspecified atom stereocenters. The normalized spacial score (nSPS) is 23.4. The highest BCUT2D eigenvalue weighted by Crippen LogP contribution is 2.51. The van der Waals surface area contributed by atoms with Crippen LogP contribution >= 0.6 is 0 Å². The van der Waals surface area contributed by atoms with Crippen LogP contribution in [0.15, 0.2) is 72.8 Å². The Labute approximate surface area is 211 Å². The number of carbonyl (C=O) groups excluding carboxylic acids is 1. The minimum absolute atomic E-state index is 0.164. The number of fused-ring (bicyclic) bond motifs is 1. The predicted molar refractivity (Wildman–Crippen MR) is 135 cm³/mol. The molecule has 7 nitrogen and oxygen atoms in total. The Morgan fingerprint density at radius 2 is 1.69 bits per heavy atom. The second-order valence-corrected chi connectivity index (χ2v) is 9.58. The minimum atomic E-state index is -1.45. The first-order valence-electron chi connectivity index (χ1n) is 12.0. The van der Waals surface area contributed by atoms with Crippen molar-refractivity contribution in [1.29, 1.82) is 0 Å². The zero-order chi connectivity index (χ0) is 25.5. The molecule has 0 aliphatic carbocycles. The third-order valence-electron chi connectivity index (χ3n) is 7.05. The van der Waals surface area contributed by atoms with E-state index >= 15 is 0 Å². The van der Waals surface area contributed by atoms with Gasteiger partial charge in [0.2, 0.25) is 5.91 Å². The first-order valence-corrected chi connectivity index (χ1v) is 12.0. The van der Waals surface area contributed by atoms with Crippen molar-refractivity contribution in [1.82, 2.24) is 0 Å². The van der Waals surface area contributed by atoms with Crippen molar-refractivity contribution in [2.45, 2.75) is 43.8 Å². The lowest BCUT2D eigenvalue weighted by molar-refractivity contribution is -0.159. The lowest BCUT2D eigenvalue weighted by Gasteiger charge is -2.37. The van der Waals surface area contributed by atoms with Gasteiger partial charge in [-0.1, -0.05) is 54.6 Å². The van der Waals surface area contributed by atoms with Gasteiger partial charge in [0, 0.05) is 5.69 Å². The van der Waals surface area contributed by atoms with E-state index in [1.165, 1.54) is 0 Å². The number of ether oxygens (including phenoxy) is 4. The molecule has 3 atom stereocenters. The van der Waals surface area contributed by atoms with Crippen LogP contribution in [0.1, 0.15) is 30.5 Å². The maximum absolute atomic E-state index is 14.6. The van der Waals surface area contributed by atoms with E-state index in [1.54, 1.807) is 45.1 Å². The van der Waals surface area contributed by atoms with E-state index < -0.39 is 23.4 Å². The fraction of sp³-hybridized carbons (Fsp3) is 0.345. The van der Waals surface area contributed by atoms with Crippen LogP contribution in [0.3, 0.4) is 0 Å². The van der Waals surface area contributed by atoms with E-state index in [1.807, 2.05) is 60.7 Å². The Balaban J connectivity index is 1.71. The first kappa shape index (κ1) is 24.3. The Morgan fingerprint density at radius 1 is 1.00 bits per heavy atom. The fourth-order valence-electron chi connectivity index (χ4n) is 5.37. The molecule has 0 saturated carbocycles. The molecule has 5 rings (SSSR count). The summed E-state index contributed by atoms with van der Waals surface area (Å²) in [7, 11) is 3.11. The number of aliphatic hydroxyl groups is 1. The molecule has 1 saturated heterocycles. The number of carbonyl (C=O) groups is 1. The number of methoxy groups -OCH3 is 2. The smallest absolute Gasteiger partial charge is 0.245 e. The minimum Gasteiger partial charge on any atom is -0.493 e. The molecular formula is C29H31NO6. The largest absolute Gasteiger partial charge is 0.493 e. The molecule has 1 N–H and O–H groups in total. The molecular weight excluding hydrogens is 458 g/mol. The van der Waals surface area contributed by atoms with Crippen LogP contribution in [0.4, 0.5) is 5.69 Å². The van der Waals surface area contributed by atoms with Crippen LogP contribution in [0.5, 0.6) is 11.5 Å². The Morgan fingerprint density at radius 3 is 2.36 bits per heavy atom. The third-order valence-corrected chi connectivity index (χ3v) is 7.05. The molecule has 1 amide bonds. The molecule has 2 aliphatic heterocycles. The monoisotopic (exact) mass is 489 g/mol. The maximum Gasteiger partial charge on any atom is 0.245 e. The van der Waals surface area contributed by atoms with Crippen molar-refractivity contribution in [2.24, 2.45) is 0 Å². The summed E-state index contributed by atoms with van der Waals surface area (Å²) in [5.41, 5.74) is 1.59. The molecule has 3 aromatic rings. The molecule has 0 radical (unpaired) electrons. The highest BCUT2D eigenvalue weighted by atomic mass is 16.7. The average molecular weight is 490 g/mol. The summed E-state index contributed by atoms with van der Waals surface area (Å²) >= 11 is 0. The molecule has 2 heterocycles.